The summed E-state index contributed by atoms with van der Waals surface area (Å²) in [5, 5.41) is 0. The average Bonchev–Trinajstić information content (AvgIpc) is 3.07. The van der Waals surface area contributed by atoms with E-state index in [-0.39, 0.29) is 0 Å². The lowest BCUT2D eigenvalue weighted by Crippen LogP contribution is -2.16. The van der Waals surface area contributed by atoms with Gasteiger partial charge in [-0.3, -0.25) is 0 Å². The van der Waals surface area contributed by atoms with Crippen LogP contribution in [0.5, 0.6) is 0 Å². The molecular formula is C18H35N. The first-order valence-corrected chi connectivity index (χ1v) is 8.18. The van der Waals surface area contributed by atoms with Crippen molar-refractivity contribution in [2.24, 2.45) is 0 Å². The lowest BCUT2D eigenvalue weighted by atomic mass is 10.3. The SMILES string of the molecule is CC.CC.CCCC.c1ccc(N2CCCC2)cc1. The van der Waals surface area contributed by atoms with Crippen molar-refractivity contribution in [3.05, 3.63) is 30.3 Å². The van der Waals surface area contributed by atoms with Gasteiger partial charge in [-0.1, -0.05) is 72.6 Å². The van der Waals surface area contributed by atoms with E-state index in [0.717, 1.165) is 0 Å². The normalized spacial score (nSPS) is 12.2. The molecule has 0 aliphatic carbocycles. The molecule has 0 N–H and O–H groups in total. The average molecular weight is 265 g/mol. The van der Waals surface area contributed by atoms with E-state index in [4.69, 9.17) is 0 Å². The number of hydrogen-bond acceptors (Lipinski definition) is 1. The van der Waals surface area contributed by atoms with Gasteiger partial charge in [-0.05, 0) is 25.0 Å². The predicted molar refractivity (Wildman–Crippen MR) is 91.2 cm³/mol. The summed E-state index contributed by atoms with van der Waals surface area (Å²) in [5.41, 5.74) is 1.38. The van der Waals surface area contributed by atoms with Crippen LogP contribution in [0.3, 0.4) is 0 Å². The van der Waals surface area contributed by atoms with E-state index >= 15 is 0 Å². The molecule has 1 aromatic rings. The molecule has 0 amide bonds. The van der Waals surface area contributed by atoms with Crippen LogP contribution in [-0.4, -0.2) is 13.1 Å². The van der Waals surface area contributed by atoms with E-state index in [9.17, 15) is 0 Å². The molecule has 0 aromatic heterocycles. The van der Waals surface area contributed by atoms with Crippen molar-refractivity contribution in [2.75, 3.05) is 18.0 Å². The number of benzene rings is 1. The zero-order valence-electron chi connectivity index (χ0n) is 14.1. The first-order valence-electron chi connectivity index (χ1n) is 8.18. The molecule has 112 valence electrons. The van der Waals surface area contributed by atoms with E-state index in [1.54, 1.807) is 0 Å². The minimum absolute atomic E-state index is 1.24. The van der Waals surface area contributed by atoms with E-state index in [1.807, 2.05) is 27.7 Å². The molecule has 1 aliphatic heterocycles. The van der Waals surface area contributed by atoms with Gasteiger partial charge in [0.05, 0.1) is 0 Å². The molecule has 1 heteroatoms. The highest BCUT2D eigenvalue weighted by Crippen LogP contribution is 2.18. The fourth-order valence-electron chi connectivity index (χ4n) is 1.61. The second-order valence-electron chi connectivity index (χ2n) is 4.03. The molecular weight excluding hydrogens is 230 g/mol. The summed E-state index contributed by atoms with van der Waals surface area (Å²) < 4.78 is 0. The Morgan fingerprint density at radius 3 is 1.58 bits per heavy atom. The van der Waals surface area contributed by atoms with E-state index < -0.39 is 0 Å². The quantitative estimate of drug-likeness (QED) is 0.620. The van der Waals surface area contributed by atoms with Crippen molar-refractivity contribution in [3.8, 4) is 0 Å². The highest BCUT2D eigenvalue weighted by atomic mass is 15.1. The maximum absolute atomic E-state index is 2.44. The smallest absolute Gasteiger partial charge is 0.0366 e. The van der Waals surface area contributed by atoms with Crippen LogP contribution in [0.1, 0.15) is 67.2 Å². The van der Waals surface area contributed by atoms with Crippen LogP contribution < -0.4 is 4.90 Å². The Kier molecular flexibility index (Phi) is 18.2. The molecule has 1 saturated heterocycles. The third-order valence-electron chi connectivity index (χ3n) is 2.73. The molecule has 2 rings (SSSR count). The van der Waals surface area contributed by atoms with Crippen LogP contribution in [0.4, 0.5) is 5.69 Å². The Labute approximate surface area is 122 Å². The molecule has 1 nitrogen and oxygen atoms in total. The summed E-state index contributed by atoms with van der Waals surface area (Å²) in [6, 6.07) is 10.7. The van der Waals surface area contributed by atoms with Crippen LogP contribution in [0, 0.1) is 0 Å². The Balaban J connectivity index is 0. The zero-order valence-corrected chi connectivity index (χ0v) is 14.1. The van der Waals surface area contributed by atoms with Gasteiger partial charge in [0, 0.05) is 18.8 Å². The third-order valence-corrected chi connectivity index (χ3v) is 2.73. The molecule has 1 heterocycles. The van der Waals surface area contributed by atoms with Gasteiger partial charge in [0.2, 0.25) is 0 Å². The van der Waals surface area contributed by atoms with E-state index in [1.165, 1.54) is 44.5 Å². The summed E-state index contributed by atoms with van der Waals surface area (Å²) in [5.74, 6) is 0. The van der Waals surface area contributed by atoms with Gasteiger partial charge in [-0.2, -0.15) is 0 Å². The van der Waals surface area contributed by atoms with E-state index in [2.05, 4.69) is 49.1 Å². The van der Waals surface area contributed by atoms with Gasteiger partial charge < -0.3 is 4.90 Å². The number of hydrogen-bond donors (Lipinski definition) is 0. The van der Waals surface area contributed by atoms with Gasteiger partial charge in [-0.25, -0.2) is 0 Å². The van der Waals surface area contributed by atoms with E-state index in [0.29, 0.717) is 0 Å². The van der Waals surface area contributed by atoms with Gasteiger partial charge in [0.1, 0.15) is 0 Å². The Morgan fingerprint density at radius 1 is 0.789 bits per heavy atom. The summed E-state index contributed by atoms with van der Waals surface area (Å²) in [7, 11) is 0. The van der Waals surface area contributed by atoms with Crippen LogP contribution in [0.15, 0.2) is 30.3 Å². The van der Waals surface area contributed by atoms with Gasteiger partial charge in [0.15, 0.2) is 0 Å². The second-order valence-corrected chi connectivity index (χ2v) is 4.03. The first-order chi connectivity index (χ1) is 9.38. The molecule has 19 heavy (non-hydrogen) atoms. The lowest BCUT2D eigenvalue weighted by molar-refractivity contribution is 0.886. The van der Waals surface area contributed by atoms with Crippen molar-refractivity contribution in [1.82, 2.24) is 0 Å². The number of rotatable bonds is 2. The number of nitrogens with zero attached hydrogens (tertiary/aromatic N) is 1. The Bertz CT molecular complexity index is 235. The summed E-state index contributed by atoms with van der Waals surface area (Å²) >= 11 is 0. The predicted octanol–water partition coefficient (Wildman–Crippen LogP) is 6.15. The monoisotopic (exact) mass is 265 g/mol. The maximum atomic E-state index is 2.44. The van der Waals surface area contributed by atoms with Crippen molar-refractivity contribution in [3.63, 3.8) is 0 Å². The van der Waals surface area contributed by atoms with Crippen LogP contribution in [0.2, 0.25) is 0 Å². The molecule has 0 bridgehead atoms. The summed E-state index contributed by atoms with van der Waals surface area (Å²) in [4.78, 5) is 2.44. The molecule has 0 atom stereocenters. The zero-order chi connectivity index (χ0) is 14.9. The molecule has 0 radical (unpaired) electrons. The molecule has 1 fully saturated rings. The van der Waals surface area contributed by atoms with Crippen molar-refractivity contribution in [2.45, 2.75) is 67.2 Å². The first kappa shape index (κ1) is 20.3. The Hall–Kier alpha value is -0.980. The minimum Gasteiger partial charge on any atom is -0.372 e. The van der Waals surface area contributed by atoms with Crippen LogP contribution >= 0.6 is 0 Å². The van der Waals surface area contributed by atoms with Gasteiger partial charge in [-0.15, -0.1) is 0 Å². The van der Waals surface area contributed by atoms with Gasteiger partial charge in [0.25, 0.3) is 0 Å². The third kappa shape index (κ3) is 10.6. The lowest BCUT2D eigenvalue weighted by Gasteiger charge is -2.16. The number of anilines is 1. The fourth-order valence-corrected chi connectivity index (χ4v) is 1.61. The number of unbranched alkanes of at least 4 members (excludes halogenated alkanes) is 1. The molecule has 0 spiro atoms. The molecule has 1 aliphatic rings. The largest absolute Gasteiger partial charge is 0.372 e. The molecule has 1 aromatic carbocycles. The standard InChI is InChI=1S/C10H13N.C4H10.2C2H6/c1-2-6-10(7-3-1)11-8-4-5-9-11;1-3-4-2;2*1-2/h1-3,6-7H,4-5,8-9H2;3-4H2,1-2H3;2*1-2H3. The fraction of sp³-hybridized carbons (Fsp3) is 0.667. The molecule has 0 unspecified atom stereocenters. The van der Waals surface area contributed by atoms with Crippen molar-refractivity contribution in [1.29, 1.82) is 0 Å². The summed E-state index contributed by atoms with van der Waals surface area (Å²) in [6.07, 6.45) is 5.35. The van der Waals surface area contributed by atoms with Crippen molar-refractivity contribution >= 4 is 5.69 Å². The Morgan fingerprint density at radius 2 is 1.21 bits per heavy atom. The maximum Gasteiger partial charge on any atom is 0.0366 e. The van der Waals surface area contributed by atoms with Gasteiger partial charge >= 0.3 is 0 Å². The highest BCUT2D eigenvalue weighted by Gasteiger charge is 2.10. The minimum atomic E-state index is 1.24. The second kappa shape index (κ2) is 17.0. The topological polar surface area (TPSA) is 3.24 Å². The summed E-state index contributed by atoms with van der Waals surface area (Å²) in [6.45, 7) is 14.8. The van der Waals surface area contributed by atoms with Crippen LogP contribution in [-0.2, 0) is 0 Å². The highest BCUT2D eigenvalue weighted by molar-refractivity contribution is 5.46. The van der Waals surface area contributed by atoms with Crippen LogP contribution in [0.25, 0.3) is 0 Å². The van der Waals surface area contributed by atoms with Crippen molar-refractivity contribution < 1.29 is 0 Å². The molecule has 0 saturated carbocycles. The number of para-hydroxylation sites is 1.